The second kappa shape index (κ2) is 7.56. The van der Waals surface area contributed by atoms with Gasteiger partial charge in [0.2, 0.25) is 0 Å². The minimum absolute atomic E-state index is 0.0997. The van der Waals surface area contributed by atoms with E-state index in [0.717, 1.165) is 10.4 Å². The maximum Gasteiger partial charge on any atom is 0.305 e. The molecule has 1 fully saturated rings. The van der Waals surface area contributed by atoms with Crippen LogP contribution in [0.15, 0.2) is 36.4 Å². The number of thiophene rings is 1. The van der Waals surface area contributed by atoms with Gasteiger partial charge in [0.1, 0.15) is 0 Å². The molecule has 0 aliphatic carbocycles. The number of carboxylic acids is 1. The number of hydrogen-bond donors (Lipinski definition) is 2. The Bertz CT molecular complexity index is 766. The highest BCUT2D eigenvalue weighted by Crippen LogP contribution is 2.30. The number of nitrogens with one attached hydrogen (secondary N) is 1. The number of carbonyl (C=O) groups excluding carboxylic acids is 1. The maximum atomic E-state index is 12.6. The molecule has 0 spiro atoms. The van der Waals surface area contributed by atoms with Crippen molar-refractivity contribution in [3.63, 3.8) is 0 Å². The second-order valence-electron chi connectivity index (χ2n) is 6.09. The number of benzene rings is 1. The van der Waals surface area contributed by atoms with Crippen LogP contribution in [0.3, 0.4) is 0 Å². The first-order valence-electron chi connectivity index (χ1n) is 7.95. The fourth-order valence-electron chi connectivity index (χ4n) is 2.93. The zero-order valence-corrected chi connectivity index (χ0v) is 15.0. The summed E-state index contributed by atoms with van der Waals surface area (Å²) < 4.78 is 5.31. The van der Waals surface area contributed by atoms with E-state index in [2.05, 4.69) is 5.32 Å². The third-order valence-electron chi connectivity index (χ3n) is 4.28. The number of carbonyl (C=O) groups is 2. The molecule has 0 bridgehead atoms. The Labute approximate surface area is 154 Å². The molecule has 2 aromatic rings. The van der Waals surface area contributed by atoms with E-state index in [1.807, 2.05) is 18.2 Å². The van der Waals surface area contributed by atoms with E-state index >= 15 is 0 Å². The first kappa shape index (κ1) is 17.9. The van der Waals surface area contributed by atoms with Crippen LogP contribution in [0, 0.1) is 0 Å². The predicted octanol–water partition coefficient (Wildman–Crippen LogP) is 3.82. The standard InChI is InChI=1S/C18H18ClNO4S/c19-13-3-1-12(2-4-13)14-5-6-15(25-14)17(23)20-18(11-16(21)22)7-9-24-10-8-18/h1-6H,7-11H2,(H,20,23)(H,21,22). The van der Waals surface area contributed by atoms with E-state index in [0.29, 0.717) is 36.0 Å². The molecular formula is C18H18ClNO4S. The van der Waals surface area contributed by atoms with Crippen LogP contribution in [0.2, 0.25) is 5.02 Å². The van der Waals surface area contributed by atoms with Crippen molar-refractivity contribution in [3.8, 4) is 10.4 Å². The van der Waals surface area contributed by atoms with Gasteiger partial charge in [0.25, 0.3) is 5.91 Å². The topological polar surface area (TPSA) is 75.6 Å². The van der Waals surface area contributed by atoms with Gasteiger partial charge in [0.15, 0.2) is 0 Å². The predicted molar refractivity (Wildman–Crippen MR) is 97.3 cm³/mol. The van der Waals surface area contributed by atoms with Gasteiger partial charge >= 0.3 is 5.97 Å². The number of hydrogen-bond acceptors (Lipinski definition) is 4. The highest BCUT2D eigenvalue weighted by Gasteiger charge is 2.36. The van der Waals surface area contributed by atoms with Crippen molar-refractivity contribution in [2.24, 2.45) is 0 Å². The molecule has 0 radical (unpaired) electrons. The molecule has 1 aromatic carbocycles. The summed E-state index contributed by atoms with van der Waals surface area (Å²) in [6.07, 6.45) is 0.901. The molecule has 3 rings (SSSR count). The summed E-state index contributed by atoms with van der Waals surface area (Å²) in [5.41, 5.74) is 0.241. The van der Waals surface area contributed by atoms with Crippen molar-refractivity contribution in [1.29, 1.82) is 0 Å². The van der Waals surface area contributed by atoms with Gasteiger partial charge in [0, 0.05) is 23.1 Å². The minimum Gasteiger partial charge on any atom is -0.481 e. The van der Waals surface area contributed by atoms with Crippen LogP contribution in [0.4, 0.5) is 0 Å². The van der Waals surface area contributed by atoms with Crippen molar-refractivity contribution < 1.29 is 19.4 Å². The zero-order chi connectivity index (χ0) is 17.9. The molecule has 0 unspecified atom stereocenters. The SMILES string of the molecule is O=C(O)CC1(NC(=O)c2ccc(-c3ccc(Cl)cc3)s2)CCOCC1. The van der Waals surface area contributed by atoms with Gasteiger partial charge in [-0.15, -0.1) is 11.3 Å². The number of ether oxygens (including phenoxy) is 1. The minimum atomic E-state index is -0.921. The monoisotopic (exact) mass is 379 g/mol. The van der Waals surface area contributed by atoms with Crippen molar-refractivity contribution in [2.45, 2.75) is 24.8 Å². The van der Waals surface area contributed by atoms with Crippen LogP contribution in [0.1, 0.15) is 28.9 Å². The van der Waals surface area contributed by atoms with E-state index in [1.165, 1.54) is 11.3 Å². The fourth-order valence-corrected chi connectivity index (χ4v) is 3.96. The molecule has 1 aromatic heterocycles. The van der Waals surface area contributed by atoms with Crippen molar-refractivity contribution in [2.75, 3.05) is 13.2 Å². The van der Waals surface area contributed by atoms with E-state index in [9.17, 15) is 14.7 Å². The Morgan fingerprint density at radius 2 is 1.84 bits per heavy atom. The Hall–Kier alpha value is -1.89. The number of halogens is 1. The van der Waals surface area contributed by atoms with Gasteiger partial charge < -0.3 is 15.2 Å². The molecule has 132 valence electrons. The Morgan fingerprint density at radius 1 is 1.16 bits per heavy atom. The molecule has 1 aliphatic rings. The number of rotatable bonds is 5. The molecule has 1 saturated heterocycles. The molecular weight excluding hydrogens is 362 g/mol. The second-order valence-corrected chi connectivity index (χ2v) is 7.61. The van der Waals surface area contributed by atoms with Gasteiger partial charge in [-0.2, -0.15) is 0 Å². The molecule has 5 nitrogen and oxygen atoms in total. The third-order valence-corrected chi connectivity index (χ3v) is 5.66. The zero-order valence-electron chi connectivity index (χ0n) is 13.5. The lowest BCUT2D eigenvalue weighted by Crippen LogP contribution is -2.53. The smallest absolute Gasteiger partial charge is 0.305 e. The molecule has 0 saturated carbocycles. The molecule has 7 heteroatoms. The lowest BCUT2D eigenvalue weighted by Gasteiger charge is -2.36. The average Bonchev–Trinajstić information content (AvgIpc) is 3.05. The van der Waals surface area contributed by atoms with E-state index < -0.39 is 11.5 Å². The van der Waals surface area contributed by atoms with Gasteiger partial charge in [-0.1, -0.05) is 23.7 Å². The van der Waals surface area contributed by atoms with Crippen molar-refractivity contribution in [1.82, 2.24) is 5.32 Å². The first-order valence-corrected chi connectivity index (χ1v) is 9.15. The van der Waals surface area contributed by atoms with Gasteiger partial charge in [-0.05, 0) is 42.7 Å². The van der Waals surface area contributed by atoms with Crippen LogP contribution in [0.25, 0.3) is 10.4 Å². The summed E-state index contributed by atoms with van der Waals surface area (Å²) in [6.45, 7) is 0.905. The van der Waals surface area contributed by atoms with Crippen LogP contribution in [-0.2, 0) is 9.53 Å². The highest BCUT2D eigenvalue weighted by atomic mass is 35.5. The van der Waals surface area contributed by atoms with Gasteiger partial charge in [-0.3, -0.25) is 9.59 Å². The van der Waals surface area contributed by atoms with E-state index in [-0.39, 0.29) is 12.3 Å². The van der Waals surface area contributed by atoms with E-state index in [1.54, 1.807) is 18.2 Å². The third kappa shape index (κ3) is 4.39. The largest absolute Gasteiger partial charge is 0.481 e. The fraction of sp³-hybridized carbons (Fsp3) is 0.333. The van der Waals surface area contributed by atoms with Crippen LogP contribution in [-0.4, -0.2) is 35.7 Å². The molecule has 1 aliphatic heterocycles. The summed E-state index contributed by atoms with van der Waals surface area (Å²) in [5.74, 6) is -1.16. The number of amides is 1. The summed E-state index contributed by atoms with van der Waals surface area (Å²) >= 11 is 7.27. The summed E-state index contributed by atoms with van der Waals surface area (Å²) in [5, 5.41) is 12.8. The van der Waals surface area contributed by atoms with Crippen LogP contribution in [0.5, 0.6) is 0 Å². The van der Waals surface area contributed by atoms with E-state index in [4.69, 9.17) is 16.3 Å². The van der Waals surface area contributed by atoms with Crippen molar-refractivity contribution in [3.05, 3.63) is 46.3 Å². The lowest BCUT2D eigenvalue weighted by molar-refractivity contribution is -0.139. The molecule has 2 N–H and O–H groups in total. The molecule has 25 heavy (non-hydrogen) atoms. The van der Waals surface area contributed by atoms with Crippen LogP contribution < -0.4 is 5.32 Å². The van der Waals surface area contributed by atoms with Crippen molar-refractivity contribution >= 4 is 34.8 Å². The lowest BCUT2D eigenvalue weighted by atomic mass is 9.86. The Morgan fingerprint density at radius 3 is 2.48 bits per heavy atom. The maximum absolute atomic E-state index is 12.6. The average molecular weight is 380 g/mol. The summed E-state index contributed by atoms with van der Waals surface area (Å²) in [6, 6.07) is 11.1. The van der Waals surface area contributed by atoms with Gasteiger partial charge in [0.05, 0.1) is 16.8 Å². The van der Waals surface area contributed by atoms with Gasteiger partial charge in [-0.25, -0.2) is 0 Å². The first-order chi connectivity index (χ1) is 12.0. The Kier molecular flexibility index (Phi) is 5.42. The molecule has 2 heterocycles. The summed E-state index contributed by atoms with van der Waals surface area (Å²) in [7, 11) is 0. The highest BCUT2D eigenvalue weighted by molar-refractivity contribution is 7.17. The number of aliphatic carboxylic acids is 1. The molecule has 1 amide bonds. The van der Waals surface area contributed by atoms with Crippen LogP contribution >= 0.6 is 22.9 Å². The molecule has 0 atom stereocenters. The normalized spacial score (nSPS) is 16.4. The number of carboxylic acid groups (broad SMARTS) is 1. The summed E-state index contributed by atoms with van der Waals surface area (Å²) in [4.78, 5) is 25.4. The Balaban J connectivity index is 1.76. The quantitative estimate of drug-likeness (QED) is 0.828.